The van der Waals surface area contributed by atoms with Gasteiger partial charge in [-0.3, -0.25) is 4.79 Å². The zero-order valence-electron chi connectivity index (χ0n) is 19.1. The minimum absolute atomic E-state index is 0.199. The molecule has 0 unspecified atom stereocenters. The van der Waals surface area contributed by atoms with E-state index in [9.17, 15) is 4.79 Å². The minimum Gasteiger partial charge on any atom is -0.496 e. The average Bonchev–Trinajstić information content (AvgIpc) is 3.53. The molecule has 0 bridgehead atoms. The van der Waals surface area contributed by atoms with Crippen molar-refractivity contribution in [2.75, 3.05) is 7.11 Å². The third-order valence-electron chi connectivity index (χ3n) is 6.26. The molecular formula is C28H28N2O2S. The van der Waals surface area contributed by atoms with Crippen molar-refractivity contribution in [1.29, 1.82) is 0 Å². The second-order valence-corrected chi connectivity index (χ2v) is 9.68. The van der Waals surface area contributed by atoms with Crippen LogP contribution in [0.5, 0.6) is 5.75 Å². The summed E-state index contributed by atoms with van der Waals surface area (Å²) < 4.78 is 5.47. The summed E-state index contributed by atoms with van der Waals surface area (Å²) in [6.45, 7) is 2.69. The number of hydrogen-bond donors (Lipinski definition) is 0. The van der Waals surface area contributed by atoms with E-state index in [2.05, 4.69) is 53.6 Å². The molecule has 1 aliphatic rings. The van der Waals surface area contributed by atoms with Crippen LogP contribution in [-0.4, -0.2) is 28.9 Å². The Balaban J connectivity index is 1.43. The van der Waals surface area contributed by atoms with Crippen molar-refractivity contribution in [3.05, 3.63) is 82.7 Å². The molecule has 0 radical (unpaired) electrons. The van der Waals surface area contributed by atoms with E-state index in [0.29, 0.717) is 25.4 Å². The summed E-state index contributed by atoms with van der Waals surface area (Å²) in [5, 5.41) is 3.20. The highest BCUT2D eigenvalue weighted by molar-refractivity contribution is 7.13. The molecule has 168 valence electrons. The summed E-state index contributed by atoms with van der Waals surface area (Å²) in [6, 6.07) is 21.1. The predicted molar refractivity (Wildman–Crippen MR) is 135 cm³/mol. The Morgan fingerprint density at radius 1 is 1.09 bits per heavy atom. The first-order valence-electron chi connectivity index (χ1n) is 11.5. The van der Waals surface area contributed by atoms with Gasteiger partial charge in [0.1, 0.15) is 5.75 Å². The van der Waals surface area contributed by atoms with E-state index in [-0.39, 0.29) is 5.91 Å². The van der Waals surface area contributed by atoms with Gasteiger partial charge >= 0.3 is 0 Å². The number of hydrogen-bond acceptors (Lipinski definition) is 4. The first kappa shape index (κ1) is 21.7. The van der Waals surface area contributed by atoms with Crippen LogP contribution in [0.2, 0.25) is 0 Å². The highest BCUT2D eigenvalue weighted by Crippen LogP contribution is 2.34. The second kappa shape index (κ2) is 9.36. The van der Waals surface area contributed by atoms with Crippen LogP contribution in [0.3, 0.4) is 0 Å². The number of carbonyl (C=O) groups excluding carboxylic acids is 1. The Morgan fingerprint density at radius 2 is 1.94 bits per heavy atom. The number of thiophene rings is 1. The molecule has 1 amide bonds. The smallest absolute Gasteiger partial charge is 0.223 e. The molecular weight excluding hydrogens is 428 g/mol. The van der Waals surface area contributed by atoms with Crippen LogP contribution >= 0.6 is 11.3 Å². The lowest BCUT2D eigenvalue weighted by Crippen LogP contribution is -2.33. The highest BCUT2D eigenvalue weighted by atomic mass is 32.1. The lowest BCUT2D eigenvalue weighted by molar-refractivity contribution is -0.132. The van der Waals surface area contributed by atoms with Gasteiger partial charge in [-0.25, -0.2) is 4.98 Å². The molecule has 2 aromatic heterocycles. The van der Waals surface area contributed by atoms with Crippen LogP contribution in [0.1, 0.15) is 36.0 Å². The van der Waals surface area contributed by atoms with Crippen LogP contribution < -0.4 is 4.74 Å². The number of rotatable bonds is 8. The highest BCUT2D eigenvalue weighted by Gasteiger charge is 2.33. The molecule has 5 heteroatoms. The first-order chi connectivity index (χ1) is 16.1. The minimum atomic E-state index is 0.199. The Hall–Kier alpha value is -3.18. The van der Waals surface area contributed by atoms with Gasteiger partial charge in [-0.05, 0) is 72.5 Å². The summed E-state index contributed by atoms with van der Waals surface area (Å²) in [7, 11) is 1.68. The Morgan fingerprint density at radius 3 is 2.70 bits per heavy atom. The summed E-state index contributed by atoms with van der Waals surface area (Å²) in [6.07, 6.45) is 3.31. The van der Waals surface area contributed by atoms with Crippen LogP contribution in [0.25, 0.3) is 21.5 Å². The van der Waals surface area contributed by atoms with Crippen LogP contribution in [0, 0.1) is 6.92 Å². The standard InChI is InChI=1S/C28H28N2O2S/c1-19-9-10-21-17-22(28(29-24(21)16-19)26-8-5-15-33-26)18-30(23-12-13-23)27(31)14-11-20-6-3-4-7-25(20)32-2/h3-10,15-17,23H,11-14,18H2,1-2H3. The number of methoxy groups -OCH3 is 1. The lowest BCUT2D eigenvalue weighted by Gasteiger charge is -2.24. The number of fused-ring (bicyclic) bond motifs is 1. The van der Waals surface area contributed by atoms with Crippen molar-refractivity contribution in [1.82, 2.24) is 9.88 Å². The van der Waals surface area contributed by atoms with E-state index in [1.165, 1.54) is 5.56 Å². The Kier molecular flexibility index (Phi) is 6.14. The average molecular weight is 457 g/mol. The second-order valence-electron chi connectivity index (χ2n) is 8.73. The molecule has 2 heterocycles. The van der Waals surface area contributed by atoms with Gasteiger partial charge in [-0.2, -0.15) is 0 Å². The molecule has 5 rings (SSSR count). The maximum absolute atomic E-state index is 13.4. The normalized spacial score (nSPS) is 13.3. The van der Waals surface area contributed by atoms with E-state index in [1.807, 2.05) is 24.3 Å². The number of aryl methyl sites for hydroxylation is 2. The topological polar surface area (TPSA) is 42.4 Å². The van der Waals surface area contributed by atoms with Gasteiger partial charge in [0, 0.05) is 24.4 Å². The van der Waals surface area contributed by atoms with Crippen molar-refractivity contribution < 1.29 is 9.53 Å². The zero-order chi connectivity index (χ0) is 22.8. The molecule has 0 spiro atoms. The number of aromatic nitrogens is 1. The van der Waals surface area contributed by atoms with Crippen molar-refractivity contribution in [2.24, 2.45) is 0 Å². The van der Waals surface area contributed by atoms with Gasteiger partial charge in [0.05, 0.1) is 23.2 Å². The van der Waals surface area contributed by atoms with E-state index >= 15 is 0 Å². The van der Waals surface area contributed by atoms with Crippen molar-refractivity contribution in [3.8, 4) is 16.3 Å². The van der Waals surface area contributed by atoms with Crippen LogP contribution in [-0.2, 0) is 17.8 Å². The molecule has 0 saturated heterocycles. The summed E-state index contributed by atoms with van der Waals surface area (Å²) in [5.74, 6) is 1.04. The largest absolute Gasteiger partial charge is 0.496 e. The molecule has 0 N–H and O–H groups in total. The van der Waals surface area contributed by atoms with E-state index < -0.39 is 0 Å². The number of amides is 1. The van der Waals surface area contributed by atoms with Crippen molar-refractivity contribution in [3.63, 3.8) is 0 Å². The third-order valence-corrected chi connectivity index (χ3v) is 7.13. The van der Waals surface area contributed by atoms with E-state index in [4.69, 9.17) is 9.72 Å². The van der Waals surface area contributed by atoms with E-state index in [0.717, 1.165) is 51.2 Å². The van der Waals surface area contributed by atoms with Gasteiger partial charge in [-0.1, -0.05) is 36.4 Å². The third kappa shape index (κ3) is 4.79. The number of para-hydroxylation sites is 1. The molecule has 4 aromatic rings. The quantitative estimate of drug-likeness (QED) is 0.308. The maximum atomic E-state index is 13.4. The fourth-order valence-electron chi connectivity index (χ4n) is 4.35. The first-order valence-corrected chi connectivity index (χ1v) is 12.4. The van der Waals surface area contributed by atoms with Crippen molar-refractivity contribution in [2.45, 2.75) is 45.2 Å². The van der Waals surface area contributed by atoms with Crippen molar-refractivity contribution >= 4 is 28.1 Å². The monoisotopic (exact) mass is 456 g/mol. The molecule has 0 atom stereocenters. The zero-order valence-corrected chi connectivity index (χ0v) is 19.9. The fourth-order valence-corrected chi connectivity index (χ4v) is 5.10. The van der Waals surface area contributed by atoms with Crippen LogP contribution in [0.4, 0.5) is 0 Å². The maximum Gasteiger partial charge on any atom is 0.223 e. The molecule has 4 nitrogen and oxygen atoms in total. The number of carbonyl (C=O) groups is 1. The van der Waals surface area contributed by atoms with Gasteiger partial charge in [0.25, 0.3) is 0 Å². The Labute approximate surface area is 198 Å². The number of benzene rings is 2. The number of ether oxygens (including phenoxy) is 1. The van der Waals surface area contributed by atoms with Gasteiger partial charge in [0.15, 0.2) is 0 Å². The lowest BCUT2D eigenvalue weighted by atomic mass is 10.0. The van der Waals surface area contributed by atoms with Crippen LogP contribution in [0.15, 0.2) is 66.0 Å². The van der Waals surface area contributed by atoms with Gasteiger partial charge in [-0.15, -0.1) is 11.3 Å². The number of pyridine rings is 1. The molecule has 0 aliphatic heterocycles. The number of nitrogens with zero attached hydrogens (tertiary/aromatic N) is 2. The predicted octanol–water partition coefficient (Wildman–Crippen LogP) is 6.40. The van der Waals surface area contributed by atoms with Gasteiger partial charge < -0.3 is 9.64 Å². The SMILES string of the molecule is COc1ccccc1CCC(=O)N(Cc1cc2ccc(C)cc2nc1-c1cccs1)C1CC1. The molecule has 33 heavy (non-hydrogen) atoms. The summed E-state index contributed by atoms with van der Waals surface area (Å²) >= 11 is 1.69. The fraction of sp³-hybridized carbons (Fsp3) is 0.286. The molecule has 1 aliphatic carbocycles. The Bertz CT molecular complexity index is 1280. The van der Waals surface area contributed by atoms with E-state index in [1.54, 1.807) is 18.4 Å². The molecule has 2 aromatic carbocycles. The summed E-state index contributed by atoms with van der Waals surface area (Å²) in [4.78, 5) is 21.6. The molecule has 1 fully saturated rings. The summed E-state index contributed by atoms with van der Waals surface area (Å²) in [5.41, 5.74) is 5.39. The molecule has 1 saturated carbocycles. The van der Waals surface area contributed by atoms with Gasteiger partial charge in [0.2, 0.25) is 5.91 Å².